The molecule has 1 aliphatic heterocycles. The highest BCUT2D eigenvalue weighted by atomic mass is 16.6. The Labute approximate surface area is 129 Å². The molecule has 6 heteroatoms. The maximum atomic E-state index is 12.1. The molecular formula is C16H19N3O3. The number of fused-ring (bicyclic) bond motifs is 1. The van der Waals surface area contributed by atoms with Crippen LogP contribution in [-0.2, 0) is 13.5 Å². The van der Waals surface area contributed by atoms with Crippen LogP contribution in [0.3, 0.4) is 0 Å². The van der Waals surface area contributed by atoms with Crippen molar-refractivity contribution < 1.29 is 14.3 Å². The summed E-state index contributed by atoms with van der Waals surface area (Å²) < 4.78 is 12.7. The summed E-state index contributed by atoms with van der Waals surface area (Å²) in [5, 5.41) is 7.04. The quantitative estimate of drug-likeness (QED) is 0.851. The Balaban J connectivity index is 1.49. The van der Waals surface area contributed by atoms with E-state index in [9.17, 15) is 4.79 Å². The highest BCUT2D eigenvalue weighted by molar-refractivity contribution is 5.94. The van der Waals surface area contributed by atoms with Gasteiger partial charge >= 0.3 is 0 Å². The van der Waals surface area contributed by atoms with Gasteiger partial charge in [-0.15, -0.1) is 0 Å². The summed E-state index contributed by atoms with van der Waals surface area (Å²) >= 11 is 0. The maximum absolute atomic E-state index is 12.1. The zero-order valence-corrected chi connectivity index (χ0v) is 12.5. The minimum Gasteiger partial charge on any atom is -0.486 e. The number of ether oxygens (including phenoxy) is 2. The Morgan fingerprint density at radius 3 is 2.91 bits per heavy atom. The molecule has 22 heavy (non-hydrogen) atoms. The molecule has 1 aromatic carbocycles. The monoisotopic (exact) mass is 301 g/mol. The Morgan fingerprint density at radius 2 is 2.14 bits per heavy atom. The van der Waals surface area contributed by atoms with Crippen molar-refractivity contribution in [3.05, 3.63) is 41.7 Å². The van der Waals surface area contributed by atoms with Gasteiger partial charge < -0.3 is 14.8 Å². The molecular weight excluding hydrogens is 282 g/mol. The third-order valence-corrected chi connectivity index (χ3v) is 3.49. The molecule has 1 aliphatic rings. The van der Waals surface area contributed by atoms with Gasteiger partial charge in [0.2, 0.25) is 0 Å². The molecule has 2 aromatic rings. The first-order valence-electron chi connectivity index (χ1n) is 7.38. The molecule has 0 fully saturated rings. The lowest BCUT2D eigenvalue weighted by Crippen LogP contribution is -2.25. The minimum absolute atomic E-state index is 0.0943. The minimum atomic E-state index is -0.0943. The van der Waals surface area contributed by atoms with Crippen molar-refractivity contribution in [3.8, 4) is 11.5 Å². The first-order valence-corrected chi connectivity index (χ1v) is 7.38. The normalized spacial score (nSPS) is 13.0. The number of nitrogens with zero attached hydrogens (tertiary/aromatic N) is 2. The number of aromatic nitrogens is 2. The fraction of sp³-hybridized carbons (Fsp3) is 0.375. The van der Waals surface area contributed by atoms with Crippen LogP contribution < -0.4 is 14.8 Å². The van der Waals surface area contributed by atoms with Gasteiger partial charge in [-0.05, 0) is 36.6 Å². The van der Waals surface area contributed by atoms with E-state index in [1.165, 1.54) is 5.56 Å². The molecule has 3 rings (SSSR count). The predicted octanol–water partition coefficient (Wildman–Crippen LogP) is 1.55. The molecule has 1 N–H and O–H groups in total. The standard InChI is InChI=1S/C16H19N3O3/c1-19-11-12(10-18-19)3-2-6-17-16(20)13-4-5-14-15(9-13)22-8-7-21-14/h4-5,9-11H,2-3,6-8H2,1H3,(H,17,20). The van der Waals surface area contributed by atoms with E-state index >= 15 is 0 Å². The van der Waals surface area contributed by atoms with Gasteiger partial charge in [0.25, 0.3) is 5.91 Å². The van der Waals surface area contributed by atoms with Crippen LogP contribution in [0, 0.1) is 0 Å². The average Bonchev–Trinajstić information content (AvgIpc) is 2.96. The summed E-state index contributed by atoms with van der Waals surface area (Å²) in [6, 6.07) is 5.26. The lowest BCUT2D eigenvalue weighted by atomic mass is 10.1. The summed E-state index contributed by atoms with van der Waals surface area (Å²) in [7, 11) is 1.90. The first kappa shape index (κ1) is 14.4. The number of aryl methyl sites for hydroxylation is 2. The second-order valence-electron chi connectivity index (χ2n) is 5.24. The largest absolute Gasteiger partial charge is 0.486 e. The Kier molecular flexibility index (Phi) is 4.27. The van der Waals surface area contributed by atoms with E-state index in [-0.39, 0.29) is 5.91 Å². The van der Waals surface area contributed by atoms with Crippen LogP contribution in [0.15, 0.2) is 30.6 Å². The Hall–Kier alpha value is -2.50. The van der Waals surface area contributed by atoms with Crippen LogP contribution in [0.4, 0.5) is 0 Å². The molecule has 0 aliphatic carbocycles. The summed E-state index contributed by atoms with van der Waals surface area (Å²) in [4.78, 5) is 12.1. The fourth-order valence-corrected chi connectivity index (χ4v) is 2.38. The number of carbonyl (C=O) groups is 1. The van der Waals surface area contributed by atoms with E-state index in [2.05, 4.69) is 10.4 Å². The molecule has 0 unspecified atom stereocenters. The second kappa shape index (κ2) is 6.51. The zero-order chi connectivity index (χ0) is 15.4. The molecule has 1 amide bonds. The SMILES string of the molecule is Cn1cc(CCCNC(=O)c2ccc3c(c2)OCCO3)cn1. The summed E-state index contributed by atoms with van der Waals surface area (Å²) in [5.74, 6) is 1.23. The summed E-state index contributed by atoms with van der Waals surface area (Å²) in [5.41, 5.74) is 1.77. The molecule has 0 saturated carbocycles. The average molecular weight is 301 g/mol. The van der Waals surface area contributed by atoms with Crippen molar-refractivity contribution in [2.75, 3.05) is 19.8 Å². The van der Waals surface area contributed by atoms with Crippen molar-refractivity contribution in [3.63, 3.8) is 0 Å². The molecule has 0 bridgehead atoms. The Bertz CT molecular complexity index is 666. The molecule has 116 valence electrons. The van der Waals surface area contributed by atoms with Gasteiger partial charge in [0.1, 0.15) is 13.2 Å². The van der Waals surface area contributed by atoms with Crippen LogP contribution in [-0.4, -0.2) is 35.4 Å². The smallest absolute Gasteiger partial charge is 0.251 e. The number of benzene rings is 1. The van der Waals surface area contributed by atoms with Gasteiger partial charge in [-0.25, -0.2) is 0 Å². The van der Waals surface area contributed by atoms with Crippen LogP contribution in [0.2, 0.25) is 0 Å². The highest BCUT2D eigenvalue weighted by Crippen LogP contribution is 2.30. The number of amides is 1. The van der Waals surface area contributed by atoms with Crippen molar-refractivity contribution in [1.29, 1.82) is 0 Å². The fourth-order valence-electron chi connectivity index (χ4n) is 2.38. The van der Waals surface area contributed by atoms with E-state index in [0.717, 1.165) is 12.8 Å². The van der Waals surface area contributed by atoms with E-state index in [4.69, 9.17) is 9.47 Å². The second-order valence-corrected chi connectivity index (χ2v) is 5.24. The van der Waals surface area contributed by atoms with Crippen LogP contribution in [0.5, 0.6) is 11.5 Å². The van der Waals surface area contributed by atoms with E-state index in [1.54, 1.807) is 22.9 Å². The molecule has 1 aromatic heterocycles. The lowest BCUT2D eigenvalue weighted by Gasteiger charge is -2.18. The van der Waals surface area contributed by atoms with Crippen LogP contribution in [0.1, 0.15) is 22.3 Å². The van der Waals surface area contributed by atoms with E-state index in [0.29, 0.717) is 36.8 Å². The van der Waals surface area contributed by atoms with Crippen molar-refractivity contribution in [2.24, 2.45) is 7.05 Å². The van der Waals surface area contributed by atoms with Crippen LogP contribution >= 0.6 is 0 Å². The lowest BCUT2D eigenvalue weighted by molar-refractivity contribution is 0.0952. The predicted molar refractivity (Wildman–Crippen MR) is 81.3 cm³/mol. The highest BCUT2D eigenvalue weighted by Gasteiger charge is 2.14. The molecule has 0 atom stereocenters. The van der Waals surface area contributed by atoms with Gasteiger partial charge in [0.05, 0.1) is 6.20 Å². The number of carbonyl (C=O) groups excluding carboxylic acids is 1. The molecule has 0 spiro atoms. The van der Waals surface area contributed by atoms with Gasteiger partial charge in [0, 0.05) is 25.4 Å². The van der Waals surface area contributed by atoms with E-state index < -0.39 is 0 Å². The topological polar surface area (TPSA) is 65.4 Å². The molecule has 0 radical (unpaired) electrons. The van der Waals surface area contributed by atoms with Crippen molar-refractivity contribution >= 4 is 5.91 Å². The number of nitrogens with one attached hydrogen (secondary N) is 1. The maximum Gasteiger partial charge on any atom is 0.251 e. The number of hydrogen-bond donors (Lipinski definition) is 1. The summed E-state index contributed by atoms with van der Waals surface area (Å²) in [6.45, 7) is 1.69. The zero-order valence-electron chi connectivity index (χ0n) is 12.5. The van der Waals surface area contributed by atoms with Crippen molar-refractivity contribution in [2.45, 2.75) is 12.8 Å². The van der Waals surface area contributed by atoms with Gasteiger partial charge in [-0.3, -0.25) is 9.48 Å². The van der Waals surface area contributed by atoms with Gasteiger partial charge in [-0.2, -0.15) is 5.10 Å². The first-order chi connectivity index (χ1) is 10.7. The molecule has 0 saturated heterocycles. The van der Waals surface area contributed by atoms with E-state index in [1.807, 2.05) is 19.4 Å². The van der Waals surface area contributed by atoms with Crippen molar-refractivity contribution in [1.82, 2.24) is 15.1 Å². The molecule has 6 nitrogen and oxygen atoms in total. The number of rotatable bonds is 5. The number of hydrogen-bond acceptors (Lipinski definition) is 4. The van der Waals surface area contributed by atoms with Gasteiger partial charge in [0.15, 0.2) is 11.5 Å². The molecule has 2 heterocycles. The summed E-state index contributed by atoms with van der Waals surface area (Å²) in [6.07, 6.45) is 5.61. The van der Waals surface area contributed by atoms with Gasteiger partial charge in [-0.1, -0.05) is 0 Å². The Morgan fingerprint density at radius 1 is 1.32 bits per heavy atom. The van der Waals surface area contributed by atoms with Crippen LogP contribution in [0.25, 0.3) is 0 Å². The third kappa shape index (κ3) is 3.39. The third-order valence-electron chi connectivity index (χ3n) is 3.49.